The van der Waals surface area contributed by atoms with E-state index < -0.39 is 0 Å². The van der Waals surface area contributed by atoms with Crippen molar-refractivity contribution in [2.75, 3.05) is 11.6 Å². The van der Waals surface area contributed by atoms with Crippen LogP contribution in [-0.4, -0.2) is 11.7 Å². The smallest absolute Gasteiger partial charge is 0.264 e. The number of rotatable bonds is 1. The van der Waals surface area contributed by atoms with Gasteiger partial charge in [0, 0.05) is 11.1 Å². The van der Waals surface area contributed by atoms with Crippen LogP contribution in [0.3, 0.4) is 0 Å². The number of para-hydroxylation sites is 1. The van der Waals surface area contributed by atoms with Crippen LogP contribution in [0.4, 0.5) is 5.69 Å². The van der Waals surface area contributed by atoms with Crippen molar-refractivity contribution in [3.05, 3.63) is 72.4 Å². The Kier molecular flexibility index (Phi) is 2.24. The number of benzene rings is 2. The second kappa shape index (κ2) is 4.24. The number of fused-ring (bicyclic) bond motifs is 6. The van der Waals surface area contributed by atoms with Gasteiger partial charge in [-0.05, 0) is 11.6 Å². The number of aromatic nitrogens is 1. The summed E-state index contributed by atoms with van der Waals surface area (Å²) in [4.78, 5) is 6.42. The Hall–Kier alpha value is -3.01. The Morgan fingerprint density at radius 2 is 1.68 bits per heavy atom. The van der Waals surface area contributed by atoms with E-state index in [0.717, 1.165) is 16.9 Å². The van der Waals surface area contributed by atoms with E-state index in [9.17, 15) is 0 Å². The van der Waals surface area contributed by atoms with Crippen LogP contribution in [0.2, 0.25) is 0 Å². The van der Waals surface area contributed by atoms with E-state index in [-0.39, 0.29) is 0 Å². The second-order valence-electron chi connectivity index (χ2n) is 5.28. The number of ether oxygens (including phenoxy) is 1. The normalized spacial score (nSPS) is 15.2. The lowest BCUT2D eigenvalue weighted by molar-refractivity contribution is 0.295. The maximum Gasteiger partial charge on any atom is 0.264 e. The summed E-state index contributed by atoms with van der Waals surface area (Å²) in [7, 11) is 0. The first-order valence-corrected chi connectivity index (χ1v) is 7.17. The minimum Gasteiger partial charge on any atom is -0.465 e. The summed E-state index contributed by atoms with van der Waals surface area (Å²) in [6, 6.07) is 16.7. The summed E-state index contributed by atoms with van der Waals surface area (Å²) in [5, 5.41) is 0. The molecule has 5 rings (SSSR count). The molecule has 0 atom stereocenters. The summed E-state index contributed by atoms with van der Waals surface area (Å²) in [5.74, 6) is 1.22. The highest BCUT2D eigenvalue weighted by atomic mass is 16.5. The van der Waals surface area contributed by atoms with E-state index in [1.165, 1.54) is 11.1 Å². The first-order valence-electron chi connectivity index (χ1n) is 7.17. The zero-order chi connectivity index (χ0) is 14.5. The fraction of sp³-hybridized carbons (Fsp3) is 0.0556. The Balaban J connectivity index is 1.85. The van der Waals surface area contributed by atoms with Gasteiger partial charge in [-0.25, -0.2) is 4.98 Å². The van der Waals surface area contributed by atoms with Crippen molar-refractivity contribution in [1.82, 2.24) is 4.98 Å². The molecule has 0 amide bonds. The number of hydrogen-bond donors (Lipinski definition) is 0. The highest BCUT2D eigenvalue weighted by molar-refractivity contribution is 6.06. The molecule has 2 aliphatic rings. The van der Waals surface area contributed by atoms with Gasteiger partial charge in [0.1, 0.15) is 12.0 Å². The molecule has 0 radical (unpaired) electrons. The molecule has 0 aliphatic carbocycles. The lowest BCUT2D eigenvalue weighted by Crippen LogP contribution is -2.22. The summed E-state index contributed by atoms with van der Waals surface area (Å²) in [6.07, 6.45) is 3.20. The molecule has 4 nitrogen and oxygen atoms in total. The number of nitrogens with zero attached hydrogens (tertiary/aromatic N) is 2. The second-order valence-corrected chi connectivity index (χ2v) is 5.28. The molecule has 0 unspecified atom stereocenters. The average molecular weight is 288 g/mol. The van der Waals surface area contributed by atoms with Crippen molar-refractivity contribution in [1.29, 1.82) is 0 Å². The third-order valence-electron chi connectivity index (χ3n) is 4.12. The zero-order valence-electron chi connectivity index (χ0n) is 11.7. The van der Waals surface area contributed by atoms with Crippen molar-refractivity contribution < 1.29 is 9.15 Å². The first-order chi connectivity index (χ1) is 10.9. The molecule has 3 aromatic rings. The predicted molar refractivity (Wildman–Crippen MR) is 83.6 cm³/mol. The minimum absolute atomic E-state index is 0.471. The maximum atomic E-state index is 5.91. The molecule has 0 N–H and O–H groups in total. The fourth-order valence-electron chi connectivity index (χ4n) is 3.20. The van der Waals surface area contributed by atoms with Gasteiger partial charge in [-0.3, -0.25) is 0 Å². The number of anilines is 1. The largest absolute Gasteiger partial charge is 0.465 e. The van der Waals surface area contributed by atoms with Crippen molar-refractivity contribution in [2.24, 2.45) is 0 Å². The molecule has 0 saturated heterocycles. The molecule has 0 fully saturated rings. The Labute approximate surface area is 127 Å². The number of hydrogen-bond acceptors (Lipinski definition) is 4. The summed E-state index contributed by atoms with van der Waals surface area (Å²) in [6.45, 7) is 0.471. The van der Waals surface area contributed by atoms with Gasteiger partial charge in [0.15, 0.2) is 6.73 Å². The topological polar surface area (TPSA) is 38.5 Å². The van der Waals surface area contributed by atoms with Crippen LogP contribution >= 0.6 is 0 Å². The molecule has 106 valence electrons. The first kappa shape index (κ1) is 11.6. The highest BCUT2D eigenvalue weighted by Crippen LogP contribution is 2.49. The van der Waals surface area contributed by atoms with E-state index >= 15 is 0 Å². The van der Waals surface area contributed by atoms with Crippen molar-refractivity contribution in [2.45, 2.75) is 0 Å². The Bertz CT molecular complexity index is 897. The predicted octanol–water partition coefficient (Wildman–Crippen LogP) is 3.98. The van der Waals surface area contributed by atoms with Crippen molar-refractivity contribution in [3.63, 3.8) is 0 Å². The molecular formula is C18H12N2O2. The van der Waals surface area contributed by atoms with E-state index in [0.29, 0.717) is 18.4 Å². The van der Waals surface area contributed by atoms with Gasteiger partial charge in [0.25, 0.3) is 5.89 Å². The summed E-state index contributed by atoms with van der Waals surface area (Å²) in [5.41, 5.74) is 5.75. The Morgan fingerprint density at radius 1 is 0.909 bits per heavy atom. The lowest BCUT2D eigenvalue weighted by Gasteiger charge is -2.29. The molecule has 2 aliphatic heterocycles. The SMILES string of the molecule is c1ccc2c(c1)C1=C(c3ncco3)OCN1c1ccccc1-2. The molecule has 0 saturated carbocycles. The third-order valence-corrected chi connectivity index (χ3v) is 4.12. The van der Waals surface area contributed by atoms with Crippen LogP contribution in [0, 0.1) is 0 Å². The summed E-state index contributed by atoms with van der Waals surface area (Å²) >= 11 is 0. The van der Waals surface area contributed by atoms with Crippen molar-refractivity contribution in [3.8, 4) is 11.1 Å². The molecule has 0 bridgehead atoms. The molecule has 4 heteroatoms. The third kappa shape index (κ3) is 1.44. The Morgan fingerprint density at radius 3 is 2.50 bits per heavy atom. The number of oxazole rings is 1. The molecule has 0 spiro atoms. The van der Waals surface area contributed by atoms with E-state index in [2.05, 4.69) is 46.3 Å². The van der Waals surface area contributed by atoms with Crippen LogP contribution < -0.4 is 4.90 Å². The van der Waals surface area contributed by atoms with E-state index in [1.54, 1.807) is 12.5 Å². The highest BCUT2D eigenvalue weighted by Gasteiger charge is 2.35. The molecule has 1 aromatic heterocycles. The van der Waals surface area contributed by atoms with Crippen LogP contribution in [0.25, 0.3) is 22.6 Å². The van der Waals surface area contributed by atoms with Crippen LogP contribution in [-0.2, 0) is 4.74 Å². The fourth-order valence-corrected chi connectivity index (χ4v) is 3.20. The molecule has 22 heavy (non-hydrogen) atoms. The molecular weight excluding hydrogens is 276 g/mol. The maximum absolute atomic E-state index is 5.91. The zero-order valence-corrected chi connectivity index (χ0v) is 11.7. The molecule has 3 heterocycles. The van der Waals surface area contributed by atoms with Crippen LogP contribution in [0.5, 0.6) is 0 Å². The van der Waals surface area contributed by atoms with Crippen LogP contribution in [0.1, 0.15) is 11.5 Å². The summed E-state index contributed by atoms with van der Waals surface area (Å²) < 4.78 is 11.4. The van der Waals surface area contributed by atoms with Gasteiger partial charge in [-0.2, -0.15) is 0 Å². The van der Waals surface area contributed by atoms with E-state index in [4.69, 9.17) is 9.15 Å². The van der Waals surface area contributed by atoms with E-state index in [1.807, 2.05) is 12.1 Å². The lowest BCUT2D eigenvalue weighted by atomic mass is 9.91. The van der Waals surface area contributed by atoms with Gasteiger partial charge < -0.3 is 14.1 Å². The minimum atomic E-state index is 0.471. The van der Waals surface area contributed by atoms with Gasteiger partial charge >= 0.3 is 0 Å². The van der Waals surface area contributed by atoms with Crippen LogP contribution in [0.15, 0.2) is 65.4 Å². The van der Waals surface area contributed by atoms with Gasteiger partial charge in [-0.15, -0.1) is 0 Å². The van der Waals surface area contributed by atoms with Gasteiger partial charge in [-0.1, -0.05) is 42.5 Å². The van der Waals surface area contributed by atoms with Crippen molar-refractivity contribution >= 4 is 17.1 Å². The monoisotopic (exact) mass is 288 g/mol. The quantitative estimate of drug-likeness (QED) is 0.679. The standard InChI is InChI=1S/C18H12N2O2/c1-2-7-14-12(5-1)13-6-3-4-8-15(13)20-11-22-17(16(14)20)18-19-9-10-21-18/h1-10H,11H2. The van der Waals surface area contributed by atoms with Gasteiger partial charge in [0.2, 0.25) is 5.76 Å². The average Bonchev–Trinajstić information content (AvgIpc) is 3.24. The van der Waals surface area contributed by atoms with Gasteiger partial charge in [0.05, 0.1) is 11.9 Å². The molecule has 2 aromatic carbocycles.